The quantitative estimate of drug-likeness (QED) is 0.897. The van der Waals surface area contributed by atoms with Crippen molar-refractivity contribution in [1.82, 2.24) is 15.6 Å². The Kier molecular flexibility index (Phi) is 3.49. The Morgan fingerprint density at radius 1 is 1.17 bits per heavy atom. The molecule has 1 fully saturated rings. The molecule has 102 valence electrons. The second kappa shape index (κ2) is 4.65. The largest absolute Gasteiger partial charge is 0.308 e. The summed E-state index contributed by atoms with van der Waals surface area (Å²) in [6.45, 7) is 12.2. The van der Waals surface area contributed by atoms with Gasteiger partial charge in [0.15, 0.2) is 0 Å². The number of hydrogen-bond acceptors (Lipinski definition) is 4. The van der Waals surface area contributed by atoms with E-state index >= 15 is 0 Å². The zero-order chi connectivity index (χ0) is 13.4. The summed E-state index contributed by atoms with van der Waals surface area (Å²) in [5.41, 5.74) is 2.64. The predicted molar refractivity (Wildman–Crippen MR) is 71.1 cm³/mol. The zero-order valence-electron chi connectivity index (χ0n) is 12.2. The fraction of sp³-hybridized carbons (Fsp3) is 0.857. The second-order valence-electron chi connectivity index (χ2n) is 7.29. The molecule has 1 N–H and O–H groups in total. The lowest BCUT2D eigenvalue weighted by Gasteiger charge is -2.45. The smallest absolute Gasteiger partial charge is 0.121 e. The molecule has 1 aliphatic carbocycles. The maximum Gasteiger partial charge on any atom is 0.121 e. The van der Waals surface area contributed by atoms with Crippen LogP contribution in [-0.4, -0.2) is 16.4 Å². The van der Waals surface area contributed by atoms with E-state index in [1.807, 2.05) is 6.92 Å². The van der Waals surface area contributed by atoms with Crippen molar-refractivity contribution in [2.24, 2.45) is 10.8 Å². The van der Waals surface area contributed by atoms with Crippen LogP contribution in [0.2, 0.25) is 0 Å². The van der Waals surface area contributed by atoms with Gasteiger partial charge in [0.25, 0.3) is 0 Å². The lowest BCUT2D eigenvalue weighted by molar-refractivity contribution is 0.0842. The first-order valence-corrected chi connectivity index (χ1v) is 6.79. The summed E-state index contributed by atoms with van der Waals surface area (Å²) >= 11 is 0. The molecular weight excluding hydrogens is 226 g/mol. The molecule has 1 aromatic rings. The molecule has 0 unspecified atom stereocenters. The Balaban J connectivity index is 1.95. The van der Waals surface area contributed by atoms with Gasteiger partial charge in [-0.1, -0.05) is 38.0 Å². The second-order valence-corrected chi connectivity index (χ2v) is 7.29. The van der Waals surface area contributed by atoms with Gasteiger partial charge in [-0.15, -0.1) is 0 Å². The highest BCUT2D eigenvalue weighted by molar-refractivity contribution is 5.04. The van der Waals surface area contributed by atoms with Gasteiger partial charge in [-0.05, 0) is 37.0 Å². The third kappa shape index (κ3) is 3.31. The minimum atomic E-state index is 0.413. The van der Waals surface area contributed by atoms with Crippen LogP contribution in [0.5, 0.6) is 0 Å². The summed E-state index contributed by atoms with van der Waals surface area (Å²) in [4.78, 5) is 0. The van der Waals surface area contributed by atoms with Gasteiger partial charge < -0.3 is 5.32 Å². The van der Waals surface area contributed by atoms with E-state index < -0.39 is 0 Å². The monoisotopic (exact) mass is 251 g/mol. The number of nitrogens with one attached hydrogen (secondary N) is 1. The van der Waals surface area contributed by atoms with E-state index in [2.05, 4.69) is 43.3 Å². The van der Waals surface area contributed by atoms with Gasteiger partial charge in [0, 0.05) is 12.6 Å². The molecule has 0 aliphatic heterocycles. The van der Waals surface area contributed by atoms with E-state index in [4.69, 9.17) is 4.63 Å². The molecule has 0 bridgehead atoms. The third-order valence-electron chi connectivity index (χ3n) is 3.86. The van der Waals surface area contributed by atoms with Crippen molar-refractivity contribution in [3.8, 4) is 0 Å². The van der Waals surface area contributed by atoms with Gasteiger partial charge in [0.1, 0.15) is 11.4 Å². The van der Waals surface area contributed by atoms with Crippen molar-refractivity contribution in [3.05, 3.63) is 11.4 Å². The first kappa shape index (κ1) is 13.5. The maximum atomic E-state index is 4.73. The Hall–Kier alpha value is -0.900. The Labute approximate surface area is 109 Å². The van der Waals surface area contributed by atoms with Crippen molar-refractivity contribution < 1.29 is 4.63 Å². The van der Waals surface area contributed by atoms with Crippen LogP contribution in [0.25, 0.3) is 0 Å². The molecule has 1 heterocycles. The molecule has 2 rings (SSSR count). The Morgan fingerprint density at radius 2 is 1.78 bits per heavy atom. The first-order valence-electron chi connectivity index (χ1n) is 6.79. The van der Waals surface area contributed by atoms with Gasteiger partial charge in [0.05, 0.1) is 0 Å². The van der Waals surface area contributed by atoms with Crippen molar-refractivity contribution >= 4 is 0 Å². The highest BCUT2D eigenvalue weighted by Crippen LogP contribution is 2.45. The fourth-order valence-electron chi connectivity index (χ4n) is 3.64. The van der Waals surface area contributed by atoms with Crippen molar-refractivity contribution in [3.63, 3.8) is 0 Å². The molecular formula is C14H25N3O. The van der Waals surface area contributed by atoms with Gasteiger partial charge in [-0.2, -0.15) is 0 Å². The molecule has 0 aromatic carbocycles. The van der Waals surface area contributed by atoms with Crippen molar-refractivity contribution in [2.45, 2.75) is 66.5 Å². The normalized spacial score (nSPS) is 23.2. The summed E-state index contributed by atoms with van der Waals surface area (Å²) in [5.74, 6) is 0. The molecule has 0 atom stereocenters. The molecule has 0 radical (unpaired) electrons. The summed E-state index contributed by atoms with van der Waals surface area (Å²) < 4.78 is 4.73. The Bertz CT molecular complexity index is 393. The van der Waals surface area contributed by atoms with Gasteiger partial charge in [-0.25, -0.2) is 4.63 Å². The topological polar surface area (TPSA) is 51.0 Å². The molecule has 18 heavy (non-hydrogen) atoms. The molecule has 1 aliphatic rings. The number of aryl methyl sites for hydroxylation is 1. The maximum absolute atomic E-state index is 4.73. The average Bonchev–Trinajstić information content (AvgIpc) is 2.56. The van der Waals surface area contributed by atoms with Gasteiger partial charge in [0.2, 0.25) is 0 Å². The summed E-state index contributed by atoms with van der Waals surface area (Å²) in [6, 6.07) is 0.555. The first-order chi connectivity index (χ1) is 8.27. The number of nitrogens with zero attached hydrogens (tertiary/aromatic N) is 2. The Morgan fingerprint density at radius 3 is 2.28 bits per heavy atom. The highest BCUT2D eigenvalue weighted by Gasteiger charge is 2.38. The van der Waals surface area contributed by atoms with Gasteiger partial charge in [-0.3, -0.25) is 0 Å². The van der Waals surface area contributed by atoms with E-state index in [1.165, 1.54) is 19.3 Å². The van der Waals surface area contributed by atoms with Crippen LogP contribution in [0.3, 0.4) is 0 Å². The molecule has 0 amide bonds. The van der Waals surface area contributed by atoms with E-state index in [0.717, 1.165) is 17.9 Å². The lowest BCUT2D eigenvalue weighted by Crippen LogP contribution is -2.43. The van der Waals surface area contributed by atoms with Crippen LogP contribution < -0.4 is 5.32 Å². The van der Waals surface area contributed by atoms with E-state index in [-0.39, 0.29) is 0 Å². The minimum absolute atomic E-state index is 0.413. The molecule has 4 heteroatoms. The molecule has 0 spiro atoms. The SMILES string of the molecule is Cc1nonc1CNC1CC(C)(C)CC(C)(C)C1. The summed E-state index contributed by atoms with van der Waals surface area (Å²) in [7, 11) is 0. The summed E-state index contributed by atoms with van der Waals surface area (Å²) in [6.07, 6.45) is 3.74. The number of aromatic nitrogens is 2. The van der Waals surface area contributed by atoms with Crippen molar-refractivity contribution in [2.75, 3.05) is 0 Å². The van der Waals surface area contributed by atoms with Crippen LogP contribution in [-0.2, 0) is 6.54 Å². The van der Waals surface area contributed by atoms with Crippen LogP contribution in [0.4, 0.5) is 0 Å². The standard InChI is InChI=1S/C14H25N3O/c1-10-12(17-18-16-10)8-15-11-6-13(2,3)9-14(4,5)7-11/h11,15H,6-9H2,1-5H3. The van der Waals surface area contributed by atoms with Gasteiger partial charge >= 0.3 is 0 Å². The predicted octanol–water partition coefficient (Wildman–Crippen LogP) is 3.07. The average molecular weight is 251 g/mol. The highest BCUT2D eigenvalue weighted by atomic mass is 16.6. The van der Waals surface area contributed by atoms with E-state index in [0.29, 0.717) is 16.9 Å². The minimum Gasteiger partial charge on any atom is -0.308 e. The lowest BCUT2D eigenvalue weighted by atomic mass is 9.63. The van der Waals surface area contributed by atoms with E-state index in [1.54, 1.807) is 0 Å². The van der Waals surface area contributed by atoms with E-state index in [9.17, 15) is 0 Å². The number of rotatable bonds is 3. The van der Waals surface area contributed by atoms with Crippen LogP contribution in [0, 0.1) is 17.8 Å². The zero-order valence-corrected chi connectivity index (χ0v) is 12.2. The molecule has 1 aromatic heterocycles. The molecule has 1 saturated carbocycles. The molecule has 4 nitrogen and oxygen atoms in total. The summed E-state index contributed by atoms with van der Waals surface area (Å²) in [5, 5.41) is 11.3. The van der Waals surface area contributed by atoms with Crippen molar-refractivity contribution in [1.29, 1.82) is 0 Å². The molecule has 0 saturated heterocycles. The van der Waals surface area contributed by atoms with Crippen LogP contribution in [0.1, 0.15) is 58.3 Å². The fourth-order valence-corrected chi connectivity index (χ4v) is 3.64. The van der Waals surface area contributed by atoms with Crippen LogP contribution >= 0.6 is 0 Å². The third-order valence-corrected chi connectivity index (χ3v) is 3.86. The van der Waals surface area contributed by atoms with Crippen LogP contribution in [0.15, 0.2) is 4.63 Å². The number of hydrogen-bond donors (Lipinski definition) is 1.